The number of hydrogen-bond acceptors (Lipinski definition) is 3. The number of aliphatic carboxylic acids is 1. The molecule has 240 valence electrons. The number of anilines is 1. The predicted molar refractivity (Wildman–Crippen MR) is 183 cm³/mol. The maximum absolute atomic E-state index is 14.0. The van der Waals surface area contributed by atoms with E-state index in [4.69, 9.17) is 11.6 Å². The fourth-order valence-corrected chi connectivity index (χ4v) is 6.86. The van der Waals surface area contributed by atoms with Crippen molar-refractivity contribution in [2.45, 2.75) is 25.2 Å². The van der Waals surface area contributed by atoms with Crippen LogP contribution in [-0.2, 0) is 23.9 Å². The average Bonchev–Trinajstić information content (AvgIpc) is 3.47. The van der Waals surface area contributed by atoms with Crippen LogP contribution in [0.15, 0.2) is 126 Å². The summed E-state index contributed by atoms with van der Waals surface area (Å²) in [5.41, 5.74) is 2.93. The second-order valence-corrected chi connectivity index (χ2v) is 12.2. The van der Waals surface area contributed by atoms with Crippen molar-refractivity contribution in [1.29, 1.82) is 0 Å². The molecule has 0 saturated carbocycles. The molecule has 0 radical (unpaired) electrons. The number of fused-ring (bicyclic) bond motifs is 2. The zero-order chi connectivity index (χ0) is 33.6. The van der Waals surface area contributed by atoms with Gasteiger partial charge in [-0.25, -0.2) is 4.79 Å². The number of alkyl halides is 3. The topological polar surface area (TPSA) is 62.5 Å². The minimum atomic E-state index is -4.63. The van der Waals surface area contributed by atoms with Crippen LogP contribution in [0.25, 0.3) is 33.0 Å². The van der Waals surface area contributed by atoms with Crippen LogP contribution >= 0.6 is 11.6 Å². The Morgan fingerprint density at radius 1 is 0.812 bits per heavy atom. The summed E-state index contributed by atoms with van der Waals surface area (Å²) in [6.07, 6.45) is -4.50. The van der Waals surface area contributed by atoms with Gasteiger partial charge in [0.05, 0.1) is 12.1 Å². The van der Waals surface area contributed by atoms with Gasteiger partial charge in [-0.2, -0.15) is 13.2 Å². The van der Waals surface area contributed by atoms with Crippen molar-refractivity contribution in [2.75, 3.05) is 11.4 Å². The van der Waals surface area contributed by atoms with Gasteiger partial charge in [-0.05, 0) is 56.3 Å². The van der Waals surface area contributed by atoms with Gasteiger partial charge in [-0.1, -0.05) is 121 Å². The first-order valence-corrected chi connectivity index (χ1v) is 15.7. The molecule has 1 N–H and O–H groups in total. The van der Waals surface area contributed by atoms with E-state index in [1.165, 1.54) is 6.07 Å². The molecular weight excluding hydrogens is 637 g/mol. The minimum absolute atomic E-state index is 0.0784. The molecule has 1 aliphatic heterocycles. The SMILES string of the molecule is O=C(O)C1CN(Cc2ccc(-c3ccccc3)cc2)c2c(-c3cccc(C(F)(F)F)c3)c(Cc3cccc4ccccc34)c(Cl)c(=O)n21. The highest BCUT2D eigenvalue weighted by Crippen LogP contribution is 2.44. The maximum Gasteiger partial charge on any atom is 0.416 e. The molecule has 0 bridgehead atoms. The van der Waals surface area contributed by atoms with Crippen LogP contribution in [0.2, 0.25) is 5.02 Å². The number of halogens is 4. The molecule has 0 saturated heterocycles. The van der Waals surface area contributed by atoms with Crippen molar-refractivity contribution in [3.63, 3.8) is 0 Å². The van der Waals surface area contributed by atoms with Gasteiger partial charge >= 0.3 is 12.1 Å². The number of carbonyl (C=O) groups is 1. The van der Waals surface area contributed by atoms with Gasteiger partial charge in [0.25, 0.3) is 5.56 Å². The molecule has 1 atom stereocenters. The Morgan fingerprint density at radius 2 is 1.46 bits per heavy atom. The van der Waals surface area contributed by atoms with E-state index in [-0.39, 0.29) is 35.9 Å². The van der Waals surface area contributed by atoms with Crippen LogP contribution in [0, 0.1) is 0 Å². The summed E-state index contributed by atoms with van der Waals surface area (Å²) in [4.78, 5) is 28.4. The van der Waals surface area contributed by atoms with E-state index < -0.39 is 29.3 Å². The van der Waals surface area contributed by atoms with Gasteiger partial charge in [-0.15, -0.1) is 0 Å². The standard InChI is InChI=1S/C39H28ClF3N2O3/c40-35-32(21-28-12-6-11-27-10-4-5-15-31(27)28)34(29-13-7-14-30(20-29)39(41,42)43)36-44(23-33(38(47)48)45(36)37(35)46)22-24-16-18-26(19-17-24)25-8-2-1-3-9-25/h1-20,33H,21-23H2,(H,47,48). The van der Waals surface area contributed by atoms with E-state index in [0.29, 0.717) is 11.1 Å². The van der Waals surface area contributed by atoms with Crippen molar-refractivity contribution in [2.24, 2.45) is 0 Å². The number of hydrogen-bond donors (Lipinski definition) is 1. The molecule has 9 heteroatoms. The van der Waals surface area contributed by atoms with Crippen LogP contribution < -0.4 is 10.5 Å². The third-order valence-corrected chi connectivity index (χ3v) is 9.26. The summed E-state index contributed by atoms with van der Waals surface area (Å²) in [5, 5.41) is 11.9. The van der Waals surface area contributed by atoms with Gasteiger partial charge < -0.3 is 10.0 Å². The van der Waals surface area contributed by atoms with Crippen molar-refractivity contribution in [3.05, 3.63) is 159 Å². The third kappa shape index (κ3) is 5.73. The van der Waals surface area contributed by atoms with Crippen LogP contribution in [0.1, 0.15) is 28.3 Å². The fourth-order valence-electron chi connectivity index (χ4n) is 6.61. The predicted octanol–water partition coefficient (Wildman–Crippen LogP) is 9.24. The first-order chi connectivity index (χ1) is 23.1. The molecule has 5 aromatic carbocycles. The minimum Gasteiger partial charge on any atom is -0.480 e. The lowest BCUT2D eigenvalue weighted by molar-refractivity contribution is -0.140. The molecule has 1 aliphatic rings. The first-order valence-electron chi connectivity index (χ1n) is 15.3. The molecule has 2 heterocycles. The largest absolute Gasteiger partial charge is 0.480 e. The van der Waals surface area contributed by atoms with Gasteiger partial charge in [0, 0.05) is 18.5 Å². The smallest absolute Gasteiger partial charge is 0.416 e. The van der Waals surface area contributed by atoms with E-state index in [1.807, 2.05) is 97.1 Å². The number of pyridine rings is 1. The Kier molecular flexibility index (Phi) is 8.05. The summed E-state index contributed by atoms with van der Waals surface area (Å²) in [5.74, 6) is -1.02. The van der Waals surface area contributed by atoms with Crippen LogP contribution in [-0.4, -0.2) is 22.2 Å². The molecule has 7 rings (SSSR count). The Bertz CT molecular complexity index is 2230. The zero-order valence-electron chi connectivity index (χ0n) is 25.4. The van der Waals surface area contributed by atoms with Gasteiger partial charge in [0.2, 0.25) is 0 Å². The Hall–Kier alpha value is -5.34. The maximum atomic E-state index is 14.0. The highest BCUT2D eigenvalue weighted by molar-refractivity contribution is 6.32. The summed E-state index contributed by atoms with van der Waals surface area (Å²) in [7, 11) is 0. The van der Waals surface area contributed by atoms with Crippen LogP contribution in [0.5, 0.6) is 0 Å². The summed E-state index contributed by atoms with van der Waals surface area (Å²) >= 11 is 6.85. The van der Waals surface area contributed by atoms with E-state index >= 15 is 0 Å². The van der Waals surface area contributed by atoms with E-state index in [0.717, 1.165) is 49.7 Å². The van der Waals surface area contributed by atoms with Crippen molar-refractivity contribution in [3.8, 4) is 22.3 Å². The zero-order valence-corrected chi connectivity index (χ0v) is 26.2. The van der Waals surface area contributed by atoms with Crippen molar-refractivity contribution >= 4 is 34.2 Å². The Morgan fingerprint density at radius 3 is 2.19 bits per heavy atom. The van der Waals surface area contributed by atoms with Gasteiger partial charge in [0.15, 0.2) is 6.04 Å². The molecular formula is C39H28ClF3N2O3. The molecule has 6 aromatic rings. The van der Waals surface area contributed by atoms with Crippen LogP contribution in [0.4, 0.5) is 19.0 Å². The van der Waals surface area contributed by atoms with Gasteiger partial charge in [0.1, 0.15) is 10.8 Å². The molecule has 1 unspecified atom stereocenters. The number of aromatic nitrogens is 1. The number of benzene rings is 5. The number of nitrogens with zero attached hydrogens (tertiary/aromatic N) is 2. The van der Waals surface area contributed by atoms with E-state index in [2.05, 4.69) is 0 Å². The second kappa shape index (κ2) is 12.4. The summed E-state index contributed by atoms with van der Waals surface area (Å²) < 4.78 is 43.3. The lowest BCUT2D eigenvalue weighted by Crippen LogP contribution is -2.29. The monoisotopic (exact) mass is 664 g/mol. The van der Waals surface area contributed by atoms with Gasteiger partial charge in [-0.3, -0.25) is 9.36 Å². The molecule has 48 heavy (non-hydrogen) atoms. The van der Waals surface area contributed by atoms with Crippen molar-refractivity contribution in [1.82, 2.24) is 4.57 Å². The lowest BCUT2D eigenvalue weighted by Gasteiger charge is -2.25. The molecule has 0 spiro atoms. The normalized spacial score (nSPS) is 14.3. The molecule has 1 aromatic heterocycles. The van der Waals surface area contributed by atoms with E-state index in [1.54, 1.807) is 11.0 Å². The molecule has 0 aliphatic carbocycles. The summed E-state index contributed by atoms with van der Waals surface area (Å²) in [6, 6.07) is 34.6. The average molecular weight is 665 g/mol. The van der Waals surface area contributed by atoms with Crippen LogP contribution in [0.3, 0.4) is 0 Å². The highest BCUT2D eigenvalue weighted by atomic mass is 35.5. The lowest BCUT2D eigenvalue weighted by atomic mass is 9.92. The summed E-state index contributed by atoms with van der Waals surface area (Å²) in [6.45, 7) is 0.130. The quantitative estimate of drug-likeness (QED) is 0.185. The molecule has 5 nitrogen and oxygen atoms in total. The fraction of sp³-hybridized carbons (Fsp3) is 0.128. The number of rotatable bonds is 7. The molecule has 0 amide bonds. The molecule has 0 fully saturated rings. The second-order valence-electron chi connectivity index (χ2n) is 11.9. The number of carboxylic acids is 1. The Labute approximate surface area is 279 Å². The Balaban J connectivity index is 1.44. The van der Waals surface area contributed by atoms with Crippen molar-refractivity contribution < 1.29 is 23.1 Å². The first kappa shape index (κ1) is 31.3. The number of carboxylic acid groups (broad SMARTS) is 1. The third-order valence-electron chi connectivity index (χ3n) is 8.87. The van der Waals surface area contributed by atoms with E-state index in [9.17, 15) is 27.9 Å². The highest BCUT2D eigenvalue weighted by Gasteiger charge is 2.39.